The molecule has 0 bridgehead atoms. The van der Waals surface area contributed by atoms with Gasteiger partial charge in [0.2, 0.25) is 0 Å². The van der Waals surface area contributed by atoms with Crippen LogP contribution in [0.4, 0.5) is 11.5 Å². The fraction of sp³-hybridized carbons (Fsp3) is 0.381. The normalized spacial score (nSPS) is 20.3. The first-order valence-corrected chi connectivity index (χ1v) is 9.30. The van der Waals surface area contributed by atoms with Crippen LogP contribution in [0.2, 0.25) is 0 Å². The van der Waals surface area contributed by atoms with Gasteiger partial charge in [0, 0.05) is 23.9 Å². The average molecular weight is 377 g/mol. The number of hydrogen-bond acceptors (Lipinski definition) is 7. The molecular weight excluding hydrogens is 354 g/mol. The van der Waals surface area contributed by atoms with Crippen LogP contribution in [0.1, 0.15) is 31.0 Å². The molecule has 28 heavy (non-hydrogen) atoms. The number of hydrogen-bond donors (Lipinski definition) is 2. The predicted molar refractivity (Wildman–Crippen MR) is 108 cm³/mol. The number of ether oxygens (including phenoxy) is 2. The molecule has 2 fully saturated rings. The van der Waals surface area contributed by atoms with Crippen molar-refractivity contribution < 1.29 is 9.47 Å². The van der Waals surface area contributed by atoms with Crippen molar-refractivity contribution in [2.24, 2.45) is 0 Å². The van der Waals surface area contributed by atoms with Crippen LogP contribution in [0.25, 0.3) is 0 Å². The van der Waals surface area contributed by atoms with Crippen LogP contribution in [0, 0.1) is 17.8 Å². The number of anilines is 2. The zero-order valence-corrected chi connectivity index (χ0v) is 15.8. The second-order valence-electron chi connectivity index (χ2n) is 7.41. The molecule has 1 aliphatic heterocycles. The highest BCUT2D eigenvalue weighted by Crippen LogP contribution is 2.40. The number of morpholine rings is 1. The lowest BCUT2D eigenvalue weighted by molar-refractivity contribution is 0.0776. The van der Waals surface area contributed by atoms with Crippen LogP contribution in [-0.4, -0.2) is 47.1 Å². The standard InChI is InChI=1S/C21H23N5O2/c1-3-14-12-26(8-9-27-14)19-11-18(24-13-25-19)20(23)16-10-15(4-5-17(16)22)28-21(2)6-7-21/h1,4-5,10-11,13-14,23H,6-9,12,22H2,2H3/t14-/m1/s1. The molecular formula is C21H23N5O2. The first-order chi connectivity index (χ1) is 13.5. The van der Waals surface area contributed by atoms with E-state index in [1.807, 2.05) is 17.0 Å². The minimum Gasteiger partial charge on any atom is -0.488 e. The molecule has 7 heteroatoms. The van der Waals surface area contributed by atoms with Gasteiger partial charge in [-0.25, -0.2) is 9.97 Å². The summed E-state index contributed by atoms with van der Waals surface area (Å²) in [5.41, 5.74) is 7.87. The summed E-state index contributed by atoms with van der Waals surface area (Å²) in [7, 11) is 0. The van der Waals surface area contributed by atoms with Gasteiger partial charge >= 0.3 is 0 Å². The highest BCUT2D eigenvalue weighted by molar-refractivity contribution is 6.13. The molecule has 1 aromatic heterocycles. The van der Waals surface area contributed by atoms with Gasteiger partial charge in [-0.1, -0.05) is 5.92 Å². The molecule has 0 unspecified atom stereocenters. The zero-order valence-electron chi connectivity index (χ0n) is 15.8. The molecule has 1 saturated carbocycles. The number of nitrogen functional groups attached to an aromatic ring is 1. The molecule has 0 spiro atoms. The molecule has 3 N–H and O–H groups in total. The maximum Gasteiger partial charge on any atom is 0.135 e. The van der Waals surface area contributed by atoms with E-state index < -0.39 is 0 Å². The quantitative estimate of drug-likeness (QED) is 0.471. The van der Waals surface area contributed by atoms with E-state index >= 15 is 0 Å². The maximum atomic E-state index is 8.64. The van der Waals surface area contributed by atoms with Gasteiger partial charge in [0.05, 0.1) is 24.6 Å². The number of benzene rings is 1. The van der Waals surface area contributed by atoms with E-state index in [9.17, 15) is 0 Å². The Morgan fingerprint density at radius 1 is 1.39 bits per heavy atom. The Morgan fingerprint density at radius 2 is 2.21 bits per heavy atom. The van der Waals surface area contributed by atoms with E-state index in [1.165, 1.54) is 6.33 Å². The molecule has 1 atom stereocenters. The number of terminal acetylenes is 1. The minimum atomic E-state index is -0.264. The van der Waals surface area contributed by atoms with Gasteiger partial charge in [-0.05, 0) is 38.0 Å². The third kappa shape index (κ3) is 3.78. The van der Waals surface area contributed by atoms with E-state index in [0.717, 1.165) is 18.7 Å². The summed E-state index contributed by atoms with van der Waals surface area (Å²) in [6.07, 6.45) is 8.76. The molecule has 4 rings (SSSR count). The van der Waals surface area contributed by atoms with Crippen molar-refractivity contribution in [3.05, 3.63) is 41.9 Å². The minimum absolute atomic E-state index is 0.0957. The van der Waals surface area contributed by atoms with Gasteiger partial charge in [-0.3, -0.25) is 5.41 Å². The van der Waals surface area contributed by atoms with Gasteiger partial charge in [-0.2, -0.15) is 0 Å². The molecule has 2 heterocycles. The Bertz CT molecular complexity index is 948. The van der Waals surface area contributed by atoms with E-state index in [-0.39, 0.29) is 17.4 Å². The predicted octanol–water partition coefficient (Wildman–Crippen LogP) is 2.24. The lowest BCUT2D eigenvalue weighted by Crippen LogP contribution is -2.42. The summed E-state index contributed by atoms with van der Waals surface area (Å²) in [5, 5.41) is 8.64. The van der Waals surface area contributed by atoms with E-state index in [4.69, 9.17) is 27.0 Å². The van der Waals surface area contributed by atoms with Crippen LogP contribution >= 0.6 is 0 Å². The first kappa shape index (κ1) is 18.3. The summed E-state index contributed by atoms with van der Waals surface area (Å²) < 4.78 is 11.5. The van der Waals surface area contributed by atoms with Crippen molar-refractivity contribution >= 4 is 17.2 Å². The van der Waals surface area contributed by atoms with Gasteiger partial charge < -0.3 is 20.1 Å². The second-order valence-corrected chi connectivity index (χ2v) is 7.41. The number of nitrogens with zero attached hydrogens (tertiary/aromatic N) is 3. The number of nitrogens with one attached hydrogen (secondary N) is 1. The highest BCUT2D eigenvalue weighted by atomic mass is 16.5. The van der Waals surface area contributed by atoms with Crippen molar-refractivity contribution in [3.63, 3.8) is 0 Å². The van der Waals surface area contributed by atoms with Gasteiger partial charge in [0.25, 0.3) is 0 Å². The van der Waals surface area contributed by atoms with Gasteiger partial charge in [0.15, 0.2) is 0 Å². The Hall–Kier alpha value is -3.11. The van der Waals surface area contributed by atoms with Crippen LogP contribution in [0.5, 0.6) is 5.75 Å². The molecule has 1 aliphatic carbocycles. The fourth-order valence-electron chi connectivity index (χ4n) is 3.13. The van der Waals surface area contributed by atoms with Crippen molar-refractivity contribution in [1.82, 2.24) is 9.97 Å². The monoisotopic (exact) mass is 377 g/mol. The Balaban J connectivity index is 1.58. The summed E-state index contributed by atoms with van der Waals surface area (Å²) in [5.74, 6) is 4.06. The largest absolute Gasteiger partial charge is 0.488 e. The number of rotatable bonds is 5. The summed E-state index contributed by atoms with van der Waals surface area (Å²) in [4.78, 5) is 10.7. The van der Waals surface area contributed by atoms with Crippen molar-refractivity contribution in [3.8, 4) is 18.1 Å². The SMILES string of the molecule is C#C[C@@H]1CN(c2cc(C(=N)c3cc(OC4(C)CC4)ccc3N)ncn2)CCO1. The zero-order chi connectivity index (χ0) is 19.7. The number of nitrogens with two attached hydrogens (primary N) is 1. The van der Waals surface area contributed by atoms with E-state index in [1.54, 1.807) is 12.1 Å². The molecule has 144 valence electrons. The van der Waals surface area contributed by atoms with Crippen LogP contribution < -0.4 is 15.4 Å². The molecule has 2 aromatic rings. The Morgan fingerprint density at radius 3 is 2.96 bits per heavy atom. The third-order valence-corrected chi connectivity index (χ3v) is 5.10. The second kappa shape index (κ2) is 7.13. The summed E-state index contributed by atoms with van der Waals surface area (Å²) >= 11 is 0. The van der Waals surface area contributed by atoms with Crippen LogP contribution in [0.15, 0.2) is 30.6 Å². The van der Waals surface area contributed by atoms with Crippen molar-refractivity contribution in [2.75, 3.05) is 30.3 Å². The van der Waals surface area contributed by atoms with Gasteiger partial charge in [-0.15, -0.1) is 6.42 Å². The Labute approximate surface area is 164 Å². The first-order valence-electron chi connectivity index (χ1n) is 9.30. The maximum absolute atomic E-state index is 8.64. The summed E-state index contributed by atoms with van der Waals surface area (Å²) in [6.45, 7) is 3.87. The average Bonchev–Trinajstić information content (AvgIpc) is 3.45. The van der Waals surface area contributed by atoms with Crippen LogP contribution in [0.3, 0.4) is 0 Å². The molecule has 7 nitrogen and oxygen atoms in total. The molecule has 0 radical (unpaired) electrons. The Kier molecular flexibility index (Phi) is 4.65. The highest BCUT2D eigenvalue weighted by Gasteiger charge is 2.40. The summed E-state index contributed by atoms with van der Waals surface area (Å²) in [6, 6.07) is 7.21. The lowest BCUT2D eigenvalue weighted by Gasteiger charge is -2.31. The van der Waals surface area contributed by atoms with Gasteiger partial charge in [0.1, 0.15) is 29.6 Å². The molecule has 2 aliphatic rings. The lowest BCUT2D eigenvalue weighted by atomic mass is 10.0. The topological polar surface area (TPSA) is 97.4 Å². The fourth-order valence-corrected chi connectivity index (χ4v) is 3.13. The van der Waals surface area contributed by atoms with Crippen molar-refractivity contribution in [2.45, 2.75) is 31.5 Å². The van der Waals surface area contributed by atoms with E-state index in [0.29, 0.717) is 42.4 Å². The molecule has 0 amide bonds. The van der Waals surface area contributed by atoms with Crippen molar-refractivity contribution in [1.29, 1.82) is 5.41 Å². The van der Waals surface area contributed by atoms with E-state index in [2.05, 4.69) is 22.8 Å². The molecule has 1 saturated heterocycles. The smallest absolute Gasteiger partial charge is 0.135 e. The third-order valence-electron chi connectivity index (χ3n) is 5.10. The number of aromatic nitrogens is 2. The molecule has 1 aromatic carbocycles. The van der Waals surface area contributed by atoms with Crippen LogP contribution in [-0.2, 0) is 4.74 Å².